The van der Waals surface area contributed by atoms with Crippen molar-refractivity contribution < 1.29 is 9.84 Å². The van der Waals surface area contributed by atoms with Crippen molar-refractivity contribution >= 4 is 23.4 Å². The van der Waals surface area contributed by atoms with Crippen molar-refractivity contribution in [2.24, 2.45) is 0 Å². The average Bonchev–Trinajstić information content (AvgIpc) is 2.32. The van der Waals surface area contributed by atoms with Gasteiger partial charge in [0.2, 0.25) is 0 Å². The molecule has 0 aliphatic carbocycles. The Morgan fingerprint density at radius 3 is 3.06 bits per heavy atom. The van der Waals surface area contributed by atoms with E-state index < -0.39 is 5.60 Å². The van der Waals surface area contributed by atoms with Gasteiger partial charge in [-0.2, -0.15) is 0 Å². The normalized spacial score (nSPS) is 24.9. The molecule has 1 aromatic carbocycles. The first kappa shape index (κ1) is 13.2. The van der Waals surface area contributed by atoms with E-state index in [4.69, 9.17) is 16.3 Å². The lowest BCUT2D eigenvalue weighted by Gasteiger charge is -2.31. The van der Waals surface area contributed by atoms with Crippen LogP contribution in [0.5, 0.6) is 0 Å². The van der Waals surface area contributed by atoms with Gasteiger partial charge < -0.3 is 9.84 Å². The molecule has 0 spiro atoms. The summed E-state index contributed by atoms with van der Waals surface area (Å²) >= 11 is 7.83. The number of benzene rings is 1. The third-order valence-corrected chi connectivity index (χ3v) is 4.90. The summed E-state index contributed by atoms with van der Waals surface area (Å²) in [5.41, 5.74) is 0.374. The monoisotopic (exact) mass is 272 g/mol. The molecule has 1 unspecified atom stereocenters. The van der Waals surface area contributed by atoms with E-state index in [0.717, 1.165) is 34.9 Å². The summed E-state index contributed by atoms with van der Waals surface area (Å²) in [6, 6.07) is 5.98. The highest BCUT2D eigenvalue weighted by molar-refractivity contribution is 7.99. The van der Waals surface area contributed by atoms with E-state index >= 15 is 0 Å². The fourth-order valence-corrected chi connectivity index (χ4v) is 3.30. The molecule has 0 bridgehead atoms. The maximum Gasteiger partial charge on any atom is 0.0974 e. The number of aryl methyl sites for hydroxylation is 1. The first-order valence-corrected chi connectivity index (χ1v) is 7.15. The second-order valence-corrected chi connectivity index (χ2v) is 5.95. The summed E-state index contributed by atoms with van der Waals surface area (Å²) in [7, 11) is 0. The minimum Gasteiger partial charge on any atom is -0.387 e. The standard InChI is InChI=1S/C13H17ClO2S/c1-10-4-2-5-11(12(10)14)17-9-13(15)6-3-7-16-8-13/h2,4-5,15H,3,6-9H2,1H3. The quantitative estimate of drug-likeness (QED) is 0.857. The van der Waals surface area contributed by atoms with Gasteiger partial charge in [0.05, 0.1) is 17.2 Å². The number of thioether (sulfide) groups is 1. The lowest BCUT2D eigenvalue weighted by atomic mass is 9.99. The molecule has 0 radical (unpaired) electrons. The number of hydrogen-bond donors (Lipinski definition) is 1. The summed E-state index contributed by atoms with van der Waals surface area (Å²) < 4.78 is 5.33. The second-order valence-electron chi connectivity index (χ2n) is 4.56. The average molecular weight is 273 g/mol. The van der Waals surface area contributed by atoms with Gasteiger partial charge in [-0.3, -0.25) is 0 Å². The van der Waals surface area contributed by atoms with Crippen LogP contribution in [0, 0.1) is 6.92 Å². The Morgan fingerprint density at radius 1 is 1.53 bits per heavy atom. The van der Waals surface area contributed by atoms with Gasteiger partial charge in [-0.15, -0.1) is 11.8 Å². The summed E-state index contributed by atoms with van der Waals surface area (Å²) in [5, 5.41) is 11.1. The molecule has 2 rings (SSSR count). The molecule has 0 saturated carbocycles. The molecule has 4 heteroatoms. The highest BCUT2D eigenvalue weighted by Crippen LogP contribution is 2.33. The molecular weight excluding hydrogens is 256 g/mol. The van der Waals surface area contributed by atoms with Gasteiger partial charge >= 0.3 is 0 Å². The van der Waals surface area contributed by atoms with Gasteiger partial charge in [0, 0.05) is 17.3 Å². The van der Waals surface area contributed by atoms with Gasteiger partial charge in [-0.05, 0) is 31.4 Å². The smallest absolute Gasteiger partial charge is 0.0974 e. The highest BCUT2D eigenvalue weighted by Gasteiger charge is 2.30. The van der Waals surface area contributed by atoms with Crippen LogP contribution in [0.2, 0.25) is 5.02 Å². The molecule has 1 fully saturated rings. The molecule has 1 heterocycles. The van der Waals surface area contributed by atoms with E-state index in [0.29, 0.717) is 12.4 Å². The molecule has 0 aromatic heterocycles. The number of halogens is 1. The van der Waals surface area contributed by atoms with Crippen molar-refractivity contribution in [2.75, 3.05) is 19.0 Å². The molecule has 1 saturated heterocycles. The predicted molar refractivity (Wildman–Crippen MR) is 71.9 cm³/mol. The molecule has 1 atom stereocenters. The topological polar surface area (TPSA) is 29.5 Å². The van der Waals surface area contributed by atoms with Crippen LogP contribution in [0.25, 0.3) is 0 Å². The fourth-order valence-electron chi connectivity index (χ4n) is 1.90. The Hall–Kier alpha value is -0.220. The molecule has 1 aliphatic rings. The summed E-state index contributed by atoms with van der Waals surface area (Å²) in [4.78, 5) is 1.03. The van der Waals surface area contributed by atoms with Crippen molar-refractivity contribution in [3.63, 3.8) is 0 Å². The van der Waals surface area contributed by atoms with Crippen LogP contribution in [0.3, 0.4) is 0 Å². The largest absolute Gasteiger partial charge is 0.387 e. The molecule has 1 N–H and O–H groups in total. The molecule has 2 nitrogen and oxygen atoms in total. The Bertz CT molecular complexity index is 389. The van der Waals surface area contributed by atoms with E-state index in [1.54, 1.807) is 11.8 Å². The maximum atomic E-state index is 10.3. The Balaban J connectivity index is 1.99. The first-order valence-electron chi connectivity index (χ1n) is 5.79. The van der Waals surface area contributed by atoms with E-state index in [-0.39, 0.29) is 0 Å². The summed E-state index contributed by atoms with van der Waals surface area (Å²) in [6.45, 7) is 3.19. The van der Waals surface area contributed by atoms with Crippen molar-refractivity contribution in [1.82, 2.24) is 0 Å². The lowest BCUT2D eigenvalue weighted by Crippen LogP contribution is -2.40. The molecular formula is C13H17ClO2S. The Morgan fingerprint density at radius 2 is 2.35 bits per heavy atom. The molecule has 1 aromatic rings. The highest BCUT2D eigenvalue weighted by atomic mass is 35.5. The second kappa shape index (κ2) is 5.61. The molecule has 0 amide bonds. The Labute approximate surface area is 111 Å². The van der Waals surface area contributed by atoms with E-state index in [1.165, 1.54) is 0 Å². The number of ether oxygens (including phenoxy) is 1. The van der Waals surface area contributed by atoms with E-state index in [1.807, 2.05) is 25.1 Å². The van der Waals surface area contributed by atoms with Crippen molar-refractivity contribution in [2.45, 2.75) is 30.3 Å². The summed E-state index contributed by atoms with van der Waals surface area (Å²) in [5.74, 6) is 0.635. The van der Waals surface area contributed by atoms with Crippen molar-refractivity contribution in [1.29, 1.82) is 0 Å². The molecule has 17 heavy (non-hydrogen) atoms. The lowest BCUT2D eigenvalue weighted by molar-refractivity contribution is -0.0697. The third-order valence-electron chi connectivity index (χ3n) is 2.95. The molecule has 94 valence electrons. The van der Waals surface area contributed by atoms with Crippen LogP contribution in [0.1, 0.15) is 18.4 Å². The van der Waals surface area contributed by atoms with Crippen LogP contribution in [-0.4, -0.2) is 29.7 Å². The van der Waals surface area contributed by atoms with E-state index in [9.17, 15) is 5.11 Å². The number of aliphatic hydroxyl groups is 1. The minimum atomic E-state index is -0.698. The summed E-state index contributed by atoms with van der Waals surface area (Å²) in [6.07, 6.45) is 1.74. The van der Waals surface area contributed by atoms with Gasteiger partial charge in [0.15, 0.2) is 0 Å². The number of rotatable bonds is 3. The van der Waals surface area contributed by atoms with Gasteiger partial charge in [0.25, 0.3) is 0 Å². The van der Waals surface area contributed by atoms with Gasteiger partial charge in [0.1, 0.15) is 0 Å². The van der Waals surface area contributed by atoms with Crippen LogP contribution in [-0.2, 0) is 4.74 Å². The van der Waals surface area contributed by atoms with Crippen molar-refractivity contribution in [3.05, 3.63) is 28.8 Å². The zero-order valence-corrected chi connectivity index (χ0v) is 11.5. The van der Waals surface area contributed by atoms with Crippen LogP contribution >= 0.6 is 23.4 Å². The van der Waals surface area contributed by atoms with Crippen LogP contribution in [0.4, 0.5) is 0 Å². The van der Waals surface area contributed by atoms with Crippen LogP contribution in [0.15, 0.2) is 23.1 Å². The first-order chi connectivity index (χ1) is 8.11. The zero-order valence-electron chi connectivity index (χ0n) is 9.91. The number of hydrogen-bond acceptors (Lipinski definition) is 3. The van der Waals surface area contributed by atoms with Gasteiger partial charge in [-0.25, -0.2) is 0 Å². The SMILES string of the molecule is Cc1cccc(SCC2(O)CCCOC2)c1Cl. The predicted octanol–water partition coefficient (Wildman–Crippen LogP) is 3.28. The molecule has 1 aliphatic heterocycles. The van der Waals surface area contributed by atoms with Crippen molar-refractivity contribution in [3.8, 4) is 0 Å². The Kier molecular flexibility index (Phi) is 4.36. The van der Waals surface area contributed by atoms with E-state index in [2.05, 4.69) is 0 Å². The fraction of sp³-hybridized carbons (Fsp3) is 0.538. The van der Waals surface area contributed by atoms with Gasteiger partial charge in [-0.1, -0.05) is 23.7 Å². The van der Waals surface area contributed by atoms with Crippen LogP contribution < -0.4 is 0 Å². The zero-order chi connectivity index (χ0) is 12.3. The maximum absolute atomic E-state index is 10.3. The minimum absolute atomic E-state index is 0.434. The third kappa shape index (κ3) is 3.38.